The third-order valence-electron chi connectivity index (χ3n) is 3.20. The lowest BCUT2D eigenvalue weighted by molar-refractivity contribution is -0.116. The molecule has 0 aromatic heterocycles. The van der Waals surface area contributed by atoms with Crippen LogP contribution < -0.4 is 10.2 Å². The molecule has 0 atom stereocenters. The molecule has 0 aliphatic heterocycles. The van der Waals surface area contributed by atoms with Crippen molar-refractivity contribution in [1.82, 2.24) is 0 Å². The maximum atomic E-state index is 12.0. The van der Waals surface area contributed by atoms with Crippen LogP contribution in [0.15, 0.2) is 48.5 Å². The number of carbonyl (C=O) groups is 1. The predicted molar refractivity (Wildman–Crippen MR) is 96.9 cm³/mol. The van der Waals surface area contributed by atoms with Crippen LogP contribution in [0, 0.1) is 3.57 Å². The van der Waals surface area contributed by atoms with E-state index in [-0.39, 0.29) is 5.91 Å². The number of rotatable bonds is 5. The van der Waals surface area contributed by atoms with E-state index in [9.17, 15) is 4.79 Å². The third kappa shape index (κ3) is 5.04. The first kappa shape index (κ1) is 15.8. The average molecular weight is 394 g/mol. The largest absolute Gasteiger partial charge is 0.378 e. The van der Waals surface area contributed by atoms with E-state index in [2.05, 4.69) is 57.1 Å². The van der Waals surface area contributed by atoms with Crippen LogP contribution in [-0.2, 0) is 11.2 Å². The summed E-state index contributed by atoms with van der Waals surface area (Å²) in [6.07, 6.45) is 1.25. The fraction of sp³-hybridized carbons (Fsp3) is 0.235. The number of benzene rings is 2. The molecule has 0 aliphatic rings. The molecule has 110 valence electrons. The normalized spacial score (nSPS) is 10.2. The third-order valence-corrected chi connectivity index (χ3v) is 3.87. The Bertz CT molecular complexity index is 608. The first-order valence-electron chi connectivity index (χ1n) is 6.86. The Labute approximate surface area is 139 Å². The van der Waals surface area contributed by atoms with Crippen LogP contribution >= 0.6 is 22.6 Å². The van der Waals surface area contributed by atoms with Crippen molar-refractivity contribution in [3.05, 3.63) is 57.7 Å². The molecule has 0 saturated heterocycles. The van der Waals surface area contributed by atoms with Gasteiger partial charge < -0.3 is 10.2 Å². The van der Waals surface area contributed by atoms with E-state index in [1.165, 1.54) is 11.3 Å². The zero-order valence-electron chi connectivity index (χ0n) is 12.3. The first-order chi connectivity index (χ1) is 10.0. The van der Waals surface area contributed by atoms with Gasteiger partial charge in [0.05, 0.1) is 0 Å². The van der Waals surface area contributed by atoms with Gasteiger partial charge in [-0.3, -0.25) is 4.79 Å². The molecule has 0 saturated carbocycles. The Kier molecular flexibility index (Phi) is 5.61. The summed E-state index contributed by atoms with van der Waals surface area (Å²) in [4.78, 5) is 14.0. The maximum Gasteiger partial charge on any atom is 0.224 e. The summed E-state index contributed by atoms with van der Waals surface area (Å²) in [5, 5.41) is 2.93. The molecule has 0 bridgehead atoms. The van der Waals surface area contributed by atoms with E-state index in [1.807, 2.05) is 38.4 Å². The second-order valence-electron chi connectivity index (χ2n) is 5.12. The Hall–Kier alpha value is -1.56. The summed E-state index contributed by atoms with van der Waals surface area (Å²) < 4.78 is 1.12. The highest BCUT2D eigenvalue weighted by Crippen LogP contribution is 2.15. The molecule has 0 unspecified atom stereocenters. The van der Waals surface area contributed by atoms with Crippen LogP contribution in [-0.4, -0.2) is 20.0 Å². The van der Waals surface area contributed by atoms with Gasteiger partial charge in [-0.05, 0) is 64.9 Å². The molecule has 1 N–H and O–H groups in total. The molecule has 0 fully saturated rings. The van der Waals surface area contributed by atoms with E-state index in [4.69, 9.17) is 0 Å². The molecule has 3 nitrogen and oxygen atoms in total. The van der Waals surface area contributed by atoms with Gasteiger partial charge in [-0.2, -0.15) is 0 Å². The second kappa shape index (κ2) is 7.45. The Morgan fingerprint density at radius 3 is 2.48 bits per heavy atom. The highest BCUT2D eigenvalue weighted by molar-refractivity contribution is 14.1. The highest BCUT2D eigenvalue weighted by Gasteiger charge is 2.04. The quantitative estimate of drug-likeness (QED) is 0.780. The van der Waals surface area contributed by atoms with E-state index in [0.29, 0.717) is 6.42 Å². The zero-order chi connectivity index (χ0) is 15.2. The van der Waals surface area contributed by atoms with Crippen molar-refractivity contribution in [2.75, 3.05) is 24.3 Å². The van der Waals surface area contributed by atoms with Crippen LogP contribution in [0.2, 0.25) is 0 Å². The molecule has 21 heavy (non-hydrogen) atoms. The van der Waals surface area contributed by atoms with E-state index in [0.717, 1.165) is 15.7 Å². The topological polar surface area (TPSA) is 32.3 Å². The number of nitrogens with zero attached hydrogens (tertiary/aromatic N) is 1. The molecule has 0 heterocycles. The minimum Gasteiger partial charge on any atom is -0.378 e. The van der Waals surface area contributed by atoms with Crippen molar-refractivity contribution in [2.24, 2.45) is 0 Å². The number of hydrogen-bond donors (Lipinski definition) is 1. The van der Waals surface area contributed by atoms with E-state index >= 15 is 0 Å². The van der Waals surface area contributed by atoms with Crippen molar-refractivity contribution in [1.29, 1.82) is 0 Å². The lowest BCUT2D eigenvalue weighted by atomic mass is 10.1. The number of hydrogen-bond acceptors (Lipinski definition) is 2. The van der Waals surface area contributed by atoms with Gasteiger partial charge in [0.25, 0.3) is 0 Å². The number of anilines is 2. The molecular weight excluding hydrogens is 375 g/mol. The van der Waals surface area contributed by atoms with Gasteiger partial charge in [-0.15, -0.1) is 0 Å². The van der Waals surface area contributed by atoms with Crippen LogP contribution in [0.1, 0.15) is 12.0 Å². The molecular formula is C17H19IN2O. The minimum atomic E-state index is 0.0497. The van der Waals surface area contributed by atoms with Gasteiger partial charge in [0.2, 0.25) is 5.91 Å². The van der Waals surface area contributed by atoms with Gasteiger partial charge in [0, 0.05) is 35.5 Å². The van der Waals surface area contributed by atoms with Gasteiger partial charge in [0.1, 0.15) is 0 Å². The maximum absolute atomic E-state index is 12.0. The Balaban J connectivity index is 1.86. The summed E-state index contributed by atoms with van der Waals surface area (Å²) >= 11 is 2.24. The van der Waals surface area contributed by atoms with Crippen molar-refractivity contribution >= 4 is 39.9 Å². The van der Waals surface area contributed by atoms with Gasteiger partial charge >= 0.3 is 0 Å². The summed E-state index contributed by atoms with van der Waals surface area (Å²) in [7, 11) is 4.04. The molecule has 2 aromatic carbocycles. The number of halogens is 1. The van der Waals surface area contributed by atoms with Crippen molar-refractivity contribution in [3.8, 4) is 0 Å². The number of aryl methyl sites for hydroxylation is 1. The van der Waals surface area contributed by atoms with Crippen molar-refractivity contribution in [3.63, 3.8) is 0 Å². The molecule has 1 amide bonds. The molecule has 4 heteroatoms. The van der Waals surface area contributed by atoms with Crippen molar-refractivity contribution in [2.45, 2.75) is 12.8 Å². The lowest BCUT2D eigenvalue weighted by Crippen LogP contribution is -2.12. The molecule has 0 spiro atoms. The summed E-state index contributed by atoms with van der Waals surface area (Å²) in [6, 6.07) is 16.1. The van der Waals surface area contributed by atoms with Crippen LogP contribution in [0.4, 0.5) is 11.4 Å². The van der Waals surface area contributed by atoms with Crippen LogP contribution in [0.3, 0.4) is 0 Å². The predicted octanol–water partition coefficient (Wildman–Crippen LogP) is 3.93. The molecule has 0 aliphatic carbocycles. The van der Waals surface area contributed by atoms with Gasteiger partial charge in [0.15, 0.2) is 0 Å². The molecule has 0 radical (unpaired) electrons. The molecule has 2 rings (SSSR count). The SMILES string of the molecule is CN(C)c1ccc(CCC(=O)Nc2cccc(I)c2)cc1. The molecule has 2 aromatic rings. The van der Waals surface area contributed by atoms with Crippen molar-refractivity contribution < 1.29 is 4.79 Å². The van der Waals surface area contributed by atoms with E-state index < -0.39 is 0 Å². The van der Waals surface area contributed by atoms with Crippen LogP contribution in [0.25, 0.3) is 0 Å². The summed E-state index contributed by atoms with van der Waals surface area (Å²) in [5.41, 5.74) is 3.20. The monoisotopic (exact) mass is 394 g/mol. The standard InChI is InChI=1S/C17H19IN2O/c1-20(2)16-9-6-13(7-10-16)8-11-17(21)19-15-5-3-4-14(18)12-15/h3-7,9-10,12H,8,11H2,1-2H3,(H,19,21). The number of nitrogens with one attached hydrogen (secondary N) is 1. The zero-order valence-corrected chi connectivity index (χ0v) is 14.4. The van der Waals surface area contributed by atoms with E-state index in [1.54, 1.807) is 0 Å². The summed E-state index contributed by atoms with van der Waals surface area (Å²) in [5.74, 6) is 0.0497. The lowest BCUT2D eigenvalue weighted by Gasteiger charge is -2.12. The first-order valence-corrected chi connectivity index (χ1v) is 7.94. The Morgan fingerprint density at radius 2 is 1.86 bits per heavy atom. The summed E-state index contributed by atoms with van der Waals surface area (Å²) in [6.45, 7) is 0. The second-order valence-corrected chi connectivity index (χ2v) is 6.37. The smallest absolute Gasteiger partial charge is 0.224 e. The van der Waals surface area contributed by atoms with Gasteiger partial charge in [-0.25, -0.2) is 0 Å². The Morgan fingerprint density at radius 1 is 1.14 bits per heavy atom. The fourth-order valence-corrected chi connectivity index (χ4v) is 2.55. The fourth-order valence-electron chi connectivity index (χ4n) is 2.01. The highest BCUT2D eigenvalue weighted by atomic mass is 127. The average Bonchev–Trinajstić information content (AvgIpc) is 2.45. The van der Waals surface area contributed by atoms with Gasteiger partial charge in [-0.1, -0.05) is 18.2 Å². The number of carbonyl (C=O) groups excluding carboxylic acids is 1. The number of amides is 1. The van der Waals surface area contributed by atoms with Crippen LogP contribution in [0.5, 0.6) is 0 Å². The minimum absolute atomic E-state index is 0.0497.